The minimum Gasteiger partial charge on any atom is -0.384 e. The Morgan fingerprint density at radius 2 is 1.68 bits per heavy atom. The van der Waals surface area contributed by atoms with Gasteiger partial charge in [-0.3, -0.25) is 10.2 Å². The number of hydrogen-bond donors (Lipinski definition) is 2. The summed E-state index contributed by atoms with van der Waals surface area (Å²) >= 11 is 0. The molecule has 0 saturated heterocycles. The van der Waals surface area contributed by atoms with Crippen LogP contribution >= 0.6 is 0 Å². The van der Waals surface area contributed by atoms with Crippen LogP contribution in [0.3, 0.4) is 0 Å². The summed E-state index contributed by atoms with van der Waals surface area (Å²) in [4.78, 5) is 12.0. The molecule has 0 unspecified atom stereocenters. The number of nitrogen functional groups attached to an aromatic ring is 1. The van der Waals surface area contributed by atoms with E-state index < -0.39 is 0 Å². The number of carbonyl (C=O) groups is 1. The number of carbonyl (C=O) groups excluding carboxylic acids is 1. The zero-order valence-electron chi connectivity index (χ0n) is 11.1. The van der Waals surface area contributed by atoms with Crippen LogP contribution in [-0.2, 0) is 4.79 Å². The fourth-order valence-electron chi connectivity index (χ4n) is 2.37. The topological polar surface area (TPSA) is 66.9 Å². The van der Waals surface area contributed by atoms with Gasteiger partial charge in [-0.05, 0) is 36.5 Å². The van der Waals surface area contributed by atoms with Crippen molar-refractivity contribution in [1.82, 2.24) is 0 Å². The fourth-order valence-corrected chi connectivity index (χ4v) is 2.37. The minimum absolute atomic E-state index is 0.0706. The Balaban J connectivity index is 2.17. The first kappa shape index (κ1) is 13.5. The first-order valence-corrected chi connectivity index (χ1v) is 6.85. The standard InChI is InChI=1S/C16H20N2O/c17-16(18)13-9-7-12(8-10-13)11-14-5-3-1-2-4-6-15(14)19/h7-11H,1-6H2,(H3,17,18)/b14-11+. The molecule has 1 aliphatic carbocycles. The molecule has 0 bridgehead atoms. The van der Waals surface area contributed by atoms with E-state index in [0.717, 1.165) is 30.4 Å². The number of rotatable bonds is 2. The van der Waals surface area contributed by atoms with E-state index in [1.807, 2.05) is 30.3 Å². The molecular weight excluding hydrogens is 236 g/mol. The predicted octanol–water partition coefficient (Wildman–Crippen LogP) is 3.28. The van der Waals surface area contributed by atoms with Crippen LogP contribution in [0.2, 0.25) is 0 Å². The molecule has 100 valence electrons. The number of nitrogens with two attached hydrogens (primary N) is 1. The summed E-state index contributed by atoms with van der Waals surface area (Å²) in [5.74, 6) is 0.358. The van der Waals surface area contributed by atoms with Crippen LogP contribution in [0.4, 0.5) is 0 Å². The van der Waals surface area contributed by atoms with Crippen LogP contribution in [0.25, 0.3) is 6.08 Å². The van der Waals surface area contributed by atoms with Crippen LogP contribution in [0.1, 0.15) is 49.7 Å². The second-order valence-corrected chi connectivity index (χ2v) is 5.04. The zero-order chi connectivity index (χ0) is 13.7. The lowest BCUT2D eigenvalue weighted by Crippen LogP contribution is -2.10. The lowest BCUT2D eigenvalue weighted by Gasteiger charge is -2.11. The van der Waals surface area contributed by atoms with Crippen LogP contribution < -0.4 is 5.73 Å². The van der Waals surface area contributed by atoms with E-state index in [-0.39, 0.29) is 11.6 Å². The van der Waals surface area contributed by atoms with E-state index in [1.54, 1.807) is 0 Å². The molecule has 0 atom stereocenters. The van der Waals surface area contributed by atoms with Crippen LogP contribution in [-0.4, -0.2) is 11.6 Å². The second-order valence-electron chi connectivity index (χ2n) is 5.04. The molecule has 0 heterocycles. The van der Waals surface area contributed by atoms with Gasteiger partial charge in [0.25, 0.3) is 0 Å². The van der Waals surface area contributed by atoms with Gasteiger partial charge in [0.1, 0.15) is 5.84 Å². The summed E-state index contributed by atoms with van der Waals surface area (Å²) < 4.78 is 0. The molecule has 0 aromatic heterocycles. The van der Waals surface area contributed by atoms with E-state index in [0.29, 0.717) is 12.0 Å². The molecule has 1 saturated carbocycles. The third kappa shape index (κ3) is 3.78. The molecule has 1 aromatic carbocycles. The predicted molar refractivity (Wildman–Crippen MR) is 78.1 cm³/mol. The highest BCUT2D eigenvalue weighted by Crippen LogP contribution is 2.21. The Morgan fingerprint density at radius 3 is 2.32 bits per heavy atom. The normalized spacial score (nSPS) is 18.9. The average Bonchev–Trinajstić information content (AvgIpc) is 2.39. The third-order valence-electron chi connectivity index (χ3n) is 3.52. The number of benzene rings is 1. The van der Waals surface area contributed by atoms with Crippen molar-refractivity contribution in [2.24, 2.45) is 5.73 Å². The van der Waals surface area contributed by atoms with Gasteiger partial charge in [-0.25, -0.2) is 0 Å². The van der Waals surface area contributed by atoms with Gasteiger partial charge in [-0.2, -0.15) is 0 Å². The zero-order valence-corrected chi connectivity index (χ0v) is 11.1. The SMILES string of the molecule is N=C(N)c1ccc(/C=C2\CCCCCCC2=O)cc1. The van der Waals surface area contributed by atoms with E-state index in [4.69, 9.17) is 11.1 Å². The molecule has 3 nitrogen and oxygen atoms in total. The first-order valence-electron chi connectivity index (χ1n) is 6.85. The van der Waals surface area contributed by atoms with Gasteiger partial charge in [-0.1, -0.05) is 37.1 Å². The molecule has 3 heteroatoms. The maximum absolute atomic E-state index is 12.0. The van der Waals surface area contributed by atoms with Crippen LogP contribution in [0.15, 0.2) is 29.8 Å². The largest absolute Gasteiger partial charge is 0.384 e. The highest BCUT2D eigenvalue weighted by Gasteiger charge is 2.12. The van der Waals surface area contributed by atoms with Gasteiger partial charge in [0.05, 0.1) is 0 Å². The van der Waals surface area contributed by atoms with Crippen LogP contribution in [0, 0.1) is 5.41 Å². The van der Waals surface area contributed by atoms with Crippen LogP contribution in [0.5, 0.6) is 0 Å². The van der Waals surface area contributed by atoms with Crippen molar-refractivity contribution in [3.63, 3.8) is 0 Å². The van der Waals surface area contributed by atoms with E-state index >= 15 is 0 Å². The molecular formula is C16H20N2O. The molecule has 1 aromatic rings. The molecule has 1 fully saturated rings. The highest BCUT2D eigenvalue weighted by molar-refractivity contribution is 5.99. The summed E-state index contributed by atoms with van der Waals surface area (Å²) in [6, 6.07) is 7.47. The summed E-state index contributed by atoms with van der Waals surface area (Å²) in [5, 5.41) is 7.35. The van der Waals surface area contributed by atoms with Crippen molar-refractivity contribution in [3.05, 3.63) is 41.0 Å². The van der Waals surface area contributed by atoms with Crippen molar-refractivity contribution >= 4 is 17.7 Å². The summed E-state index contributed by atoms with van der Waals surface area (Å²) in [7, 11) is 0. The van der Waals surface area contributed by atoms with Gasteiger partial charge in [0, 0.05) is 12.0 Å². The smallest absolute Gasteiger partial charge is 0.158 e. The maximum Gasteiger partial charge on any atom is 0.158 e. The molecule has 3 N–H and O–H groups in total. The van der Waals surface area contributed by atoms with Crippen molar-refractivity contribution in [2.75, 3.05) is 0 Å². The molecule has 1 aliphatic rings. The molecule has 0 amide bonds. The Labute approximate surface area is 114 Å². The lowest BCUT2D eigenvalue weighted by atomic mass is 9.93. The van der Waals surface area contributed by atoms with E-state index in [9.17, 15) is 4.79 Å². The molecule has 0 aliphatic heterocycles. The molecule has 0 radical (unpaired) electrons. The number of allylic oxidation sites excluding steroid dienone is 1. The quantitative estimate of drug-likeness (QED) is 0.484. The first-order chi connectivity index (χ1) is 9.16. The number of hydrogen-bond acceptors (Lipinski definition) is 2. The summed E-state index contributed by atoms with van der Waals surface area (Å²) in [6.45, 7) is 0. The summed E-state index contributed by atoms with van der Waals surface area (Å²) in [6.07, 6.45) is 8.05. The van der Waals surface area contributed by atoms with Gasteiger partial charge < -0.3 is 5.73 Å². The van der Waals surface area contributed by atoms with Crippen molar-refractivity contribution in [1.29, 1.82) is 5.41 Å². The van der Waals surface area contributed by atoms with Gasteiger partial charge in [0.15, 0.2) is 5.78 Å². The number of Topliss-reactive ketones (excluding diaryl/α,β-unsaturated/α-hetero) is 1. The molecule has 0 spiro atoms. The number of ketones is 1. The molecule has 2 rings (SSSR count). The highest BCUT2D eigenvalue weighted by atomic mass is 16.1. The van der Waals surface area contributed by atoms with Gasteiger partial charge >= 0.3 is 0 Å². The number of amidine groups is 1. The van der Waals surface area contributed by atoms with Gasteiger partial charge in [0.2, 0.25) is 0 Å². The average molecular weight is 256 g/mol. The molecule has 19 heavy (non-hydrogen) atoms. The Hall–Kier alpha value is -1.90. The third-order valence-corrected chi connectivity index (χ3v) is 3.52. The van der Waals surface area contributed by atoms with Crippen molar-refractivity contribution in [2.45, 2.75) is 38.5 Å². The Morgan fingerprint density at radius 1 is 1.05 bits per heavy atom. The lowest BCUT2D eigenvalue weighted by molar-refractivity contribution is -0.115. The number of nitrogens with one attached hydrogen (secondary N) is 1. The Kier molecular flexibility index (Phi) is 4.50. The maximum atomic E-state index is 12.0. The second kappa shape index (κ2) is 6.32. The summed E-state index contributed by atoms with van der Waals surface area (Å²) in [5.41, 5.74) is 8.08. The van der Waals surface area contributed by atoms with E-state index in [1.165, 1.54) is 12.8 Å². The minimum atomic E-state index is 0.0706. The van der Waals surface area contributed by atoms with Crippen molar-refractivity contribution < 1.29 is 4.79 Å². The van der Waals surface area contributed by atoms with E-state index in [2.05, 4.69) is 0 Å². The fraction of sp³-hybridized carbons (Fsp3) is 0.375. The Bertz CT molecular complexity index is 500. The van der Waals surface area contributed by atoms with Gasteiger partial charge in [-0.15, -0.1) is 0 Å². The van der Waals surface area contributed by atoms with Crippen molar-refractivity contribution in [3.8, 4) is 0 Å². The monoisotopic (exact) mass is 256 g/mol.